The molecule has 2 fully saturated rings. The van der Waals surface area contributed by atoms with Crippen LogP contribution in [0.25, 0.3) is 6.08 Å². The lowest BCUT2D eigenvalue weighted by atomic mass is 9.94. The lowest BCUT2D eigenvalue weighted by Gasteiger charge is -2.29. The Bertz CT molecular complexity index is 608. The summed E-state index contributed by atoms with van der Waals surface area (Å²) >= 11 is 10.4. The van der Waals surface area contributed by atoms with E-state index in [1.807, 2.05) is 35.2 Å². The number of nitrogens with zero attached hydrogens (tertiary/aromatic N) is 1. The molecule has 0 atom stereocenters. The van der Waals surface area contributed by atoms with Gasteiger partial charge in [-0.1, -0.05) is 77.4 Å². The van der Waals surface area contributed by atoms with E-state index in [9.17, 15) is 4.79 Å². The monoisotopic (exact) mass is 381 g/mol. The highest BCUT2D eigenvalue weighted by molar-refractivity contribution is 9.10. The summed E-state index contributed by atoms with van der Waals surface area (Å²) in [5, 5.41) is 0. The normalized spacial score (nSPS) is 22.3. The quantitative estimate of drug-likeness (QED) is 0.531. The van der Waals surface area contributed by atoms with E-state index in [1.54, 1.807) is 0 Å². The molecule has 5 heteroatoms. The Morgan fingerprint density at radius 3 is 2.67 bits per heavy atom. The van der Waals surface area contributed by atoms with Gasteiger partial charge in [-0.15, -0.1) is 0 Å². The van der Waals surface area contributed by atoms with E-state index < -0.39 is 0 Å². The SMILES string of the molecule is O=C1C(=Cc2ccccc2Br)SC(=S)N1C1CCCCC1. The first-order valence-electron chi connectivity index (χ1n) is 7.18. The van der Waals surface area contributed by atoms with E-state index in [1.165, 1.54) is 31.0 Å². The maximum Gasteiger partial charge on any atom is 0.266 e. The van der Waals surface area contributed by atoms with Crippen LogP contribution in [0.4, 0.5) is 0 Å². The predicted molar refractivity (Wildman–Crippen MR) is 96.0 cm³/mol. The van der Waals surface area contributed by atoms with Crippen molar-refractivity contribution in [2.45, 2.75) is 38.1 Å². The van der Waals surface area contributed by atoms with Crippen molar-refractivity contribution in [2.24, 2.45) is 0 Å². The van der Waals surface area contributed by atoms with Gasteiger partial charge in [0.1, 0.15) is 4.32 Å². The molecule has 110 valence electrons. The number of thiocarbonyl (C=S) groups is 1. The second-order valence-corrected chi connectivity index (χ2v) is 7.90. The van der Waals surface area contributed by atoms with Crippen LogP contribution in [0.15, 0.2) is 33.6 Å². The molecule has 1 amide bonds. The lowest BCUT2D eigenvalue weighted by molar-refractivity contribution is -0.124. The van der Waals surface area contributed by atoms with E-state index in [2.05, 4.69) is 15.9 Å². The van der Waals surface area contributed by atoms with Gasteiger partial charge in [0.05, 0.1) is 4.91 Å². The van der Waals surface area contributed by atoms with Crippen molar-refractivity contribution >= 4 is 56.2 Å². The maximum absolute atomic E-state index is 12.7. The molecular weight excluding hydrogens is 366 g/mol. The van der Waals surface area contributed by atoms with Gasteiger partial charge in [-0.05, 0) is 30.5 Å². The molecule has 3 rings (SSSR count). The minimum Gasteiger partial charge on any atom is -0.290 e. The summed E-state index contributed by atoms with van der Waals surface area (Å²) in [6, 6.07) is 8.22. The summed E-state index contributed by atoms with van der Waals surface area (Å²) in [7, 11) is 0. The van der Waals surface area contributed by atoms with Crippen LogP contribution in [0.3, 0.4) is 0 Å². The average Bonchev–Trinajstić information content (AvgIpc) is 2.77. The van der Waals surface area contributed by atoms with Gasteiger partial charge in [0.15, 0.2) is 0 Å². The Labute approximate surface area is 143 Å². The van der Waals surface area contributed by atoms with E-state index in [0.717, 1.165) is 27.8 Å². The standard InChI is InChI=1S/C16H16BrNOS2/c17-13-9-5-4-6-11(13)10-14-15(19)18(16(20)21-14)12-7-2-1-3-8-12/h4-6,9-10,12H,1-3,7-8H2. The number of amides is 1. The summed E-state index contributed by atoms with van der Waals surface area (Å²) in [5.41, 5.74) is 1.02. The van der Waals surface area contributed by atoms with Gasteiger partial charge in [-0.25, -0.2) is 0 Å². The number of thioether (sulfide) groups is 1. The molecule has 1 heterocycles. The van der Waals surface area contributed by atoms with Crippen LogP contribution in [0.1, 0.15) is 37.7 Å². The summed E-state index contributed by atoms with van der Waals surface area (Å²) < 4.78 is 1.71. The molecule has 1 aliphatic heterocycles. The largest absolute Gasteiger partial charge is 0.290 e. The summed E-state index contributed by atoms with van der Waals surface area (Å²) in [4.78, 5) is 15.2. The van der Waals surface area contributed by atoms with Crippen molar-refractivity contribution in [3.8, 4) is 0 Å². The van der Waals surface area contributed by atoms with Gasteiger partial charge in [0.25, 0.3) is 5.91 Å². The zero-order valence-electron chi connectivity index (χ0n) is 11.5. The minimum atomic E-state index is 0.0765. The first-order chi connectivity index (χ1) is 10.2. The van der Waals surface area contributed by atoms with Crippen molar-refractivity contribution in [3.05, 3.63) is 39.2 Å². The molecule has 0 bridgehead atoms. The third-order valence-electron chi connectivity index (χ3n) is 3.96. The molecular formula is C16H16BrNOS2. The van der Waals surface area contributed by atoms with E-state index in [0.29, 0.717) is 10.4 Å². The molecule has 1 saturated heterocycles. The second-order valence-electron chi connectivity index (χ2n) is 5.37. The van der Waals surface area contributed by atoms with Crippen LogP contribution in [-0.4, -0.2) is 21.2 Å². The predicted octanol–water partition coefficient (Wildman–Crippen LogP) is 4.98. The van der Waals surface area contributed by atoms with Gasteiger partial charge in [0, 0.05) is 10.5 Å². The number of carbonyl (C=O) groups is 1. The van der Waals surface area contributed by atoms with E-state index in [4.69, 9.17) is 12.2 Å². The number of carbonyl (C=O) groups excluding carboxylic acids is 1. The molecule has 0 aromatic heterocycles. The molecule has 0 unspecified atom stereocenters. The topological polar surface area (TPSA) is 20.3 Å². The van der Waals surface area contributed by atoms with Crippen LogP contribution in [0.2, 0.25) is 0 Å². The molecule has 1 aromatic rings. The van der Waals surface area contributed by atoms with Crippen molar-refractivity contribution in [2.75, 3.05) is 0 Å². The highest BCUT2D eigenvalue weighted by Gasteiger charge is 2.37. The summed E-state index contributed by atoms with van der Waals surface area (Å²) in [6.45, 7) is 0. The fourth-order valence-corrected chi connectivity index (χ4v) is 4.66. The number of hydrogen-bond acceptors (Lipinski definition) is 3. The molecule has 2 nitrogen and oxygen atoms in total. The van der Waals surface area contributed by atoms with Crippen molar-refractivity contribution < 1.29 is 4.79 Å². The number of halogens is 1. The summed E-state index contributed by atoms with van der Waals surface area (Å²) in [5.74, 6) is 0.0765. The second kappa shape index (κ2) is 6.63. The fraction of sp³-hybridized carbons (Fsp3) is 0.375. The smallest absolute Gasteiger partial charge is 0.266 e. The van der Waals surface area contributed by atoms with E-state index in [-0.39, 0.29) is 5.91 Å². The van der Waals surface area contributed by atoms with Crippen LogP contribution in [0.5, 0.6) is 0 Å². The Morgan fingerprint density at radius 1 is 1.24 bits per heavy atom. The van der Waals surface area contributed by atoms with Crippen molar-refractivity contribution in [1.29, 1.82) is 0 Å². The minimum absolute atomic E-state index is 0.0765. The van der Waals surface area contributed by atoms with E-state index >= 15 is 0 Å². The molecule has 1 saturated carbocycles. The zero-order chi connectivity index (χ0) is 14.8. The first kappa shape index (κ1) is 15.3. The van der Waals surface area contributed by atoms with Gasteiger partial charge >= 0.3 is 0 Å². The first-order valence-corrected chi connectivity index (χ1v) is 9.20. The molecule has 21 heavy (non-hydrogen) atoms. The van der Waals surface area contributed by atoms with Crippen LogP contribution in [-0.2, 0) is 4.79 Å². The highest BCUT2D eigenvalue weighted by Crippen LogP contribution is 2.37. The van der Waals surface area contributed by atoms with Gasteiger partial charge in [-0.2, -0.15) is 0 Å². The molecule has 0 spiro atoms. The number of rotatable bonds is 2. The lowest BCUT2D eigenvalue weighted by Crippen LogP contribution is -2.39. The summed E-state index contributed by atoms with van der Waals surface area (Å²) in [6.07, 6.45) is 7.77. The Balaban J connectivity index is 1.84. The zero-order valence-corrected chi connectivity index (χ0v) is 14.8. The number of hydrogen-bond donors (Lipinski definition) is 0. The van der Waals surface area contributed by atoms with Crippen molar-refractivity contribution in [3.63, 3.8) is 0 Å². The Hall–Kier alpha value is -0.650. The highest BCUT2D eigenvalue weighted by atomic mass is 79.9. The molecule has 1 aromatic carbocycles. The molecule has 0 N–H and O–H groups in total. The Kier molecular flexibility index (Phi) is 4.82. The molecule has 0 radical (unpaired) electrons. The van der Waals surface area contributed by atoms with Crippen LogP contribution >= 0.6 is 39.9 Å². The third-order valence-corrected chi connectivity index (χ3v) is 6.01. The fourth-order valence-electron chi connectivity index (χ4n) is 2.87. The third kappa shape index (κ3) is 3.25. The molecule has 2 aliphatic rings. The van der Waals surface area contributed by atoms with Crippen LogP contribution in [0, 0.1) is 0 Å². The van der Waals surface area contributed by atoms with Gasteiger partial charge < -0.3 is 0 Å². The van der Waals surface area contributed by atoms with Crippen molar-refractivity contribution in [1.82, 2.24) is 4.90 Å². The number of benzene rings is 1. The van der Waals surface area contributed by atoms with Gasteiger partial charge in [-0.3, -0.25) is 9.69 Å². The molecule has 1 aliphatic carbocycles. The van der Waals surface area contributed by atoms with Gasteiger partial charge in [0.2, 0.25) is 0 Å². The van der Waals surface area contributed by atoms with Crippen LogP contribution < -0.4 is 0 Å². The maximum atomic E-state index is 12.7. The Morgan fingerprint density at radius 2 is 1.95 bits per heavy atom. The average molecular weight is 382 g/mol.